The topological polar surface area (TPSA) is 24.1 Å². The smallest absolute Gasteiger partial charge is 0.381 e. The highest BCUT2D eigenvalue weighted by atomic mass is 19.4. The highest BCUT2D eigenvalue weighted by molar-refractivity contribution is 5.73. The van der Waals surface area contributed by atoms with Gasteiger partial charge in [0.05, 0.1) is 22.5 Å². The minimum atomic E-state index is -4.28. The van der Waals surface area contributed by atoms with Crippen molar-refractivity contribution < 1.29 is 13.2 Å². The van der Waals surface area contributed by atoms with E-state index in [4.69, 9.17) is 0 Å². The summed E-state index contributed by atoms with van der Waals surface area (Å²) in [7, 11) is 0. The van der Waals surface area contributed by atoms with Gasteiger partial charge in [0.2, 0.25) is 0 Å². The van der Waals surface area contributed by atoms with Crippen LogP contribution < -0.4 is 10.6 Å². The Morgan fingerprint density at radius 1 is 1.06 bits per heavy atom. The van der Waals surface area contributed by atoms with Gasteiger partial charge in [-0.05, 0) is 31.0 Å². The Hall–Kier alpha value is -1.39. The average molecular weight is 256 g/mol. The first-order chi connectivity index (χ1) is 8.49. The van der Waals surface area contributed by atoms with Gasteiger partial charge in [0.15, 0.2) is 0 Å². The second kappa shape index (κ2) is 3.80. The summed E-state index contributed by atoms with van der Waals surface area (Å²) in [5, 5.41) is 6.57. The van der Waals surface area contributed by atoms with E-state index >= 15 is 0 Å². The van der Waals surface area contributed by atoms with Crippen LogP contribution in [0.4, 0.5) is 24.5 Å². The van der Waals surface area contributed by atoms with E-state index in [-0.39, 0.29) is 5.54 Å². The summed E-state index contributed by atoms with van der Waals surface area (Å²) in [5.74, 6) is 0. The molecular formula is C13H15F3N2. The van der Waals surface area contributed by atoms with Crippen LogP contribution >= 0.6 is 0 Å². The van der Waals surface area contributed by atoms with Gasteiger partial charge in [0, 0.05) is 6.54 Å². The fourth-order valence-electron chi connectivity index (χ4n) is 2.93. The molecule has 0 atom stereocenters. The molecule has 1 aromatic carbocycles. The highest BCUT2D eigenvalue weighted by Crippen LogP contribution is 2.41. The fourth-order valence-corrected chi connectivity index (χ4v) is 2.93. The largest absolute Gasteiger partial charge is 0.416 e. The molecule has 1 heterocycles. The molecule has 1 spiro atoms. The first-order valence-electron chi connectivity index (χ1n) is 6.22. The van der Waals surface area contributed by atoms with E-state index in [0.29, 0.717) is 5.69 Å². The van der Waals surface area contributed by atoms with E-state index < -0.39 is 11.7 Å². The standard InChI is InChI=1S/C13H15F3N2/c14-13(15,16)9-3-4-10-11(7-9)18-12(8-17-10)5-1-2-6-12/h3-4,7,17-18H,1-2,5-6,8H2. The molecule has 1 aliphatic heterocycles. The molecule has 1 aromatic rings. The molecule has 1 aliphatic carbocycles. The molecule has 0 aromatic heterocycles. The van der Waals surface area contributed by atoms with Crippen molar-refractivity contribution in [2.24, 2.45) is 0 Å². The number of benzene rings is 1. The Bertz CT molecular complexity index is 462. The number of anilines is 2. The van der Waals surface area contributed by atoms with Crippen molar-refractivity contribution in [3.8, 4) is 0 Å². The van der Waals surface area contributed by atoms with Crippen molar-refractivity contribution in [1.82, 2.24) is 0 Å². The van der Waals surface area contributed by atoms with Crippen LogP contribution in [0.15, 0.2) is 18.2 Å². The first-order valence-corrected chi connectivity index (χ1v) is 6.22. The zero-order chi connectivity index (χ0) is 12.8. The minimum Gasteiger partial charge on any atom is -0.381 e. The van der Waals surface area contributed by atoms with Crippen LogP contribution in [0, 0.1) is 0 Å². The quantitative estimate of drug-likeness (QED) is 0.736. The van der Waals surface area contributed by atoms with Crippen molar-refractivity contribution in [2.75, 3.05) is 17.2 Å². The zero-order valence-electron chi connectivity index (χ0n) is 9.90. The Kier molecular flexibility index (Phi) is 2.47. The van der Waals surface area contributed by atoms with E-state index in [1.54, 1.807) is 0 Å². The van der Waals surface area contributed by atoms with Gasteiger partial charge in [-0.2, -0.15) is 13.2 Å². The second-order valence-corrected chi connectivity index (χ2v) is 5.22. The molecule has 0 amide bonds. The Labute approximate surface area is 104 Å². The van der Waals surface area contributed by atoms with Crippen molar-refractivity contribution in [1.29, 1.82) is 0 Å². The number of nitrogens with one attached hydrogen (secondary N) is 2. The molecular weight excluding hydrogens is 241 g/mol. The molecule has 2 N–H and O–H groups in total. The number of halogens is 3. The lowest BCUT2D eigenvalue weighted by Crippen LogP contribution is -2.45. The van der Waals surface area contributed by atoms with E-state index in [1.807, 2.05) is 0 Å². The van der Waals surface area contributed by atoms with Gasteiger partial charge < -0.3 is 10.6 Å². The maximum absolute atomic E-state index is 12.7. The third kappa shape index (κ3) is 1.91. The fraction of sp³-hybridized carbons (Fsp3) is 0.538. The van der Waals surface area contributed by atoms with Crippen molar-refractivity contribution >= 4 is 11.4 Å². The predicted octanol–water partition coefficient (Wildman–Crippen LogP) is 3.86. The summed E-state index contributed by atoms with van der Waals surface area (Å²) in [5.41, 5.74) is 0.709. The molecule has 0 saturated heterocycles. The first kappa shape index (κ1) is 11.7. The maximum atomic E-state index is 12.7. The van der Waals surface area contributed by atoms with Gasteiger partial charge in [0.25, 0.3) is 0 Å². The summed E-state index contributed by atoms with van der Waals surface area (Å²) >= 11 is 0. The third-order valence-corrected chi connectivity index (χ3v) is 3.92. The summed E-state index contributed by atoms with van der Waals surface area (Å²) < 4.78 is 38.0. The monoisotopic (exact) mass is 256 g/mol. The number of hydrogen-bond donors (Lipinski definition) is 2. The molecule has 0 bridgehead atoms. The molecule has 1 saturated carbocycles. The lowest BCUT2D eigenvalue weighted by Gasteiger charge is -2.38. The SMILES string of the molecule is FC(F)(F)c1ccc2c(c1)NC1(CCCC1)CN2. The molecule has 5 heteroatoms. The Morgan fingerprint density at radius 3 is 2.44 bits per heavy atom. The van der Waals surface area contributed by atoms with Gasteiger partial charge in [-0.25, -0.2) is 0 Å². The van der Waals surface area contributed by atoms with Crippen LogP contribution in [0.5, 0.6) is 0 Å². The zero-order valence-corrected chi connectivity index (χ0v) is 9.90. The Morgan fingerprint density at radius 2 is 1.78 bits per heavy atom. The van der Waals surface area contributed by atoms with Crippen molar-refractivity contribution in [3.63, 3.8) is 0 Å². The third-order valence-electron chi connectivity index (χ3n) is 3.92. The molecule has 2 aliphatic rings. The molecule has 3 rings (SSSR count). The number of hydrogen-bond acceptors (Lipinski definition) is 2. The van der Waals surface area contributed by atoms with Crippen LogP contribution in [0.1, 0.15) is 31.2 Å². The van der Waals surface area contributed by atoms with E-state index in [9.17, 15) is 13.2 Å². The predicted molar refractivity (Wildman–Crippen MR) is 64.8 cm³/mol. The molecule has 1 fully saturated rings. The van der Waals surface area contributed by atoms with E-state index in [0.717, 1.165) is 44.0 Å². The normalized spacial score (nSPS) is 21.3. The van der Waals surface area contributed by atoms with Crippen LogP contribution in [-0.2, 0) is 6.18 Å². The summed E-state index contributed by atoms with van der Waals surface area (Å²) in [6, 6.07) is 3.84. The molecule has 0 radical (unpaired) electrons. The van der Waals surface area contributed by atoms with Crippen molar-refractivity contribution in [2.45, 2.75) is 37.4 Å². The number of rotatable bonds is 0. The van der Waals surface area contributed by atoms with Gasteiger partial charge in [0.1, 0.15) is 0 Å². The summed E-state index contributed by atoms with van der Waals surface area (Å²) in [4.78, 5) is 0. The van der Waals surface area contributed by atoms with Crippen molar-refractivity contribution in [3.05, 3.63) is 23.8 Å². The lowest BCUT2D eigenvalue weighted by molar-refractivity contribution is -0.137. The van der Waals surface area contributed by atoms with Gasteiger partial charge >= 0.3 is 6.18 Å². The molecule has 98 valence electrons. The van der Waals surface area contributed by atoms with Crippen LogP contribution in [0.25, 0.3) is 0 Å². The lowest BCUT2D eigenvalue weighted by atomic mass is 9.94. The van der Waals surface area contributed by atoms with Gasteiger partial charge in [-0.3, -0.25) is 0 Å². The number of alkyl halides is 3. The van der Waals surface area contributed by atoms with Crippen LogP contribution in [-0.4, -0.2) is 12.1 Å². The molecule has 18 heavy (non-hydrogen) atoms. The average Bonchev–Trinajstić information content (AvgIpc) is 2.75. The summed E-state index contributed by atoms with van der Waals surface area (Å²) in [6.45, 7) is 0.797. The van der Waals surface area contributed by atoms with Crippen LogP contribution in [0.2, 0.25) is 0 Å². The number of fused-ring (bicyclic) bond motifs is 1. The Balaban J connectivity index is 1.93. The maximum Gasteiger partial charge on any atom is 0.416 e. The summed E-state index contributed by atoms with van der Waals surface area (Å²) in [6.07, 6.45) is 0.0499. The van der Waals surface area contributed by atoms with E-state index in [1.165, 1.54) is 12.1 Å². The molecule has 0 unspecified atom stereocenters. The molecule has 2 nitrogen and oxygen atoms in total. The minimum absolute atomic E-state index is 0.0444. The van der Waals surface area contributed by atoms with Gasteiger partial charge in [-0.15, -0.1) is 0 Å². The van der Waals surface area contributed by atoms with Crippen LogP contribution in [0.3, 0.4) is 0 Å². The van der Waals surface area contributed by atoms with Gasteiger partial charge in [-0.1, -0.05) is 12.8 Å². The highest BCUT2D eigenvalue weighted by Gasteiger charge is 2.38. The van der Waals surface area contributed by atoms with E-state index in [2.05, 4.69) is 10.6 Å². The second-order valence-electron chi connectivity index (χ2n) is 5.22.